The third kappa shape index (κ3) is 6.74. The van der Waals surface area contributed by atoms with Crippen LogP contribution in [-0.4, -0.2) is 47.8 Å². The third-order valence-electron chi connectivity index (χ3n) is 6.52. The van der Waals surface area contributed by atoms with Crippen LogP contribution in [-0.2, 0) is 10.2 Å². The van der Waals surface area contributed by atoms with Crippen molar-refractivity contribution in [3.05, 3.63) is 69.2 Å². The molecule has 1 amide bonds. The van der Waals surface area contributed by atoms with E-state index in [-0.39, 0.29) is 39.6 Å². The van der Waals surface area contributed by atoms with E-state index in [0.29, 0.717) is 6.42 Å². The van der Waals surface area contributed by atoms with Crippen LogP contribution in [0.15, 0.2) is 36.4 Å². The first kappa shape index (κ1) is 30.1. The zero-order valence-electron chi connectivity index (χ0n) is 21.3. The maximum absolute atomic E-state index is 15.5. The number of halogens is 4. The highest BCUT2D eigenvalue weighted by Gasteiger charge is 2.60. The normalized spacial score (nSPS) is 24.1. The van der Waals surface area contributed by atoms with E-state index in [2.05, 4.69) is 16.7 Å². The Morgan fingerprint density at radius 2 is 1.95 bits per heavy atom. The molecule has 4 N–H and O–H groups in total. The van der Waals surface area contributed by atoms with Crippen LogP contribution in [0.5, 0.6) is 0 Å². The predicted molar refractivity (Wildman–Crippen MR) is 140 cm³/mol. The number of hydrogen-bond acceptors (Lipinski definition) is 6. The van der Waals surface area contributed by atoms with Crippen molar-refractivity contribution in [2.24, 2.45) is 5.41 Å². The van der Waals surface area contributed by atoms with Gasteiger partial charge in [-0.25, -0.2) is 13.6 Å². The molecule has 1 aliphatic heterocycles. The number of aliphatic hydroxyl groups is 2. The largest absolute Gasteiger partial charge is 0.430 e. The Bertz CT molecular complexity index is 1180. The molecular formula is C27H31Cl2F2N3O4. The Morgan fingerprint density at radius 1 is 1.24 bits per heavy atom. The van der Waals surface area contributed by atoms with Gasteiger partial charge < -0.3 is 20.3 Å². The molecule has 0 unspecified atom stereocenters. The van der Waals surface area contributed by atoms with Crippen LogP contribution in [0.4, 0.5) is 13.6 Å². The summed E-state index contributed by atoms with van der Waals surface area (Å²) in [5, 5.41) is 35.1. The number of amides is 1. The van der Waals surface area contributed by atoms with Crippen molar-refractivity contribution in [1.29, 1.82) is 5.26 Å². The lowest BCUT2D eigenvalue weighted by Gasteiger charge is -2.37. The summed E-state index contributed by atoms with van der Waals surface area (Å²) in [6, 6.07) is 9.31. The summed E-state index contributed by atoms with van der Waals surface area (Å²) in [5.74, 6) is -2.47. The number of carbonyl (C=O) groups excluding carboxylic acids is 1. The van der Waals surface area contributed by atoms with E-state index in [1.54, 1.807) is 0 Å². The van der Waals surface area contributed by atoms with Crippen LogP contribution in [0.1, 0.15) is 50.7 Å². The molecule has 1 saturated heterocycles. The van der Waals surface area contributed by atoms with Gasteiger partial charge in [0.05, 0.1) is 24.7 Å². The fraction of sp³-hybridized carbons (Fsp3) is 0.481. The molecule has 1 aliphatic rings. The molecular weight excluding hydrogens is 539 g/mol. The quantitative estimate of drug-likeness (QED) is 0.355. The summed E-state index contributed by atoms with van der Waals surface area (Å²) in [6.45, 7) is 5.41. The molecule has 2 aromatic carbocycles. The van der Waals surface area contributed by atoms with Crippen LogP contribution in [0.3, 0.4) is 0 Å². The van der Waals surface area contributed by atoms with E-state index >= 15 is 4.39 Å². The topological polar surface area (TPSA) is 115 Å². The van der Waals surface area contributed by atoms with Crippen molar-refractivity contribution in [1.82, 2.24) is 10.6 Å². The first-order chi connectivity index (χ1) is 17.8. The fourth-order valence-corrected chi connectivity index (χ4v) is 5.37. The number of benzene rings is 2. The molecule has 7 nitrogen and oxygen atoms in total. The van der Waals surface area contributed by atoms with Crippen molar-refractivity contribution >= 4 is 29.3 Å². The number of nitrogens with zero attached hydrogens (tertiary/aromatic N) is 1. The van der Waals surface area contributed by atoms with E-state index in [0.717, 1.165) is 12.1 Å². The highest BCUT2D eigenvalue weighted by Crippen LogP contribution is 2.52. The molecule has 0 radical (unpaired) electrons. The second kappa shape index (κ2) is 12.1. The second-order valence-corrected chi connectivity index (χ2v) is 11.5. The van der Waals surface area contributed by atoms with Gasteiger partial charge in [0, 0.05) is 28.2 Å². The van der Waals surface area contributed by atoms with E-state index in [1.165, 1.54) is 24.3 Å². The summed E-state index contributed by atoms with van der Waals surface area (Å²) >= 11 is 12.2. The molecule has 2 aromatic rings. The van der Waals surface area contributed by atoms with Crippen LogP contribution in [0.25, 0.3) is 0 Å². The lowest BCUT2D eigenvalue weighted by atomic mass is 9.63. The number of nitriles is 1. The minimum Gasteiger partial charge on any atom is -0.430 e. The Kier molecular flexibility index (Phi) is 9.61. The minimum absolute atomic E-state index is 0.00433. The fourth-order valence-electron chi connectivity index (χ4n) is 4.99. The zero-order chi connectivity index (χ0) is 28.3. The van der Waals surface area contributed by atoms with E-state index in [1.807, 2.05) is 20.8 Å². The number of carbonyl (C=O) groups is 1. The van der Waals surface area contributed by atoms with E-state index in [9.17, 15) is 19.6 Å². The molecule has 1 fully saturated rings. The summed E-state index contributed by atoms with van der Waals surface area (Å²) in [4.78, 5) is 12.7. The van der Waals surface area contributed by atoms with Gasteiger partial charge in [0.15, 0.2) is 6.23 Å². The van der Waals surface area contributed by atoms with E-state index < -0.39 is 54.0 Å². The molecule has 0 aromatic heterocycles. The van der Waals surface area contributed by atoms with Crippen molar-refractivity contribution in [3.63, 3.8) is 0 Å². The lowest BCUT2D eigenvalue weighted by Crippen LogP contribution is -2.44. The van der Waals surface area contributed by atoms with Crippen LogP contribution in [0, 0.1) is 28.4 Å². The number of hydrogen-bond donors (Lipinski definition) is 4. The standard InChI is InChI=1S/C27H31Cl2F2N3O4/c1-26(2,3)12-22-27(14-32,20-5-4-16(28)11-21(20)31)23(15-8-17(29)10-18(30)9-15)24(34-22)38-25(37)33-7-6-19(36)13-35/h4-5,8-11,19,22-24,34-36H,6-7,12-13H2,1-3H3,(H,33,37)/t19-,22-,23-,24+,27-/m0/s1. The molecule has 0 bridgehead atoms. The number of nitrogens with one attached hydrogen (secondary N) is 2. The van der Waals surface area contributed by atoms with Gasteiger partial charge in [-0.15, -0.1) is 0 Å². The van der Waals surface area contributed by atoms with Gasteiger partial charge in [-0.1, -0.05) is 50.0 Å². The number of rotatable bonds is 8. The average Bonchev–Trinajstić information content (AvgIpc) is 3.09. The number of alkyl carbamates (subject to hydrolysis) is 1. The van der Waals surface area contributed by atoms with Crippen molar-refractivity contribution in [3.8, 4) is 6.07 Å². The first-order valence-corrected chi connectivity index (χ1v) is 12.9. The molecule has 0 aliphatic carbocycles. The summed E-state index contributed by atoms with van der Waals surface area (Å²) in [6.07, 6.45) is -2.63. The van der Waals surface area contributed by atoms with Crippen LogP contribution in [0.2, 0.25) is 10.0 Å². The van der Waals surface area contributed by atoms with Gasteiger partial charge in [-0.3, -0.25) is 5.32 Å². The smallest absolute Gasteiger partial charge is 0.408 e. The molecule has 3 rings (SSSR count). The molecule has 0 spiro atoms. The Morgan fingerprint density at radius 3 is 2.53 bits per heavy atom. The van der Waals surface area contributed by atoms with Gasteiger partial charge in [-0.05, 0) is 54.2 Å². The SMILES string of the molecule is CC(C)(C)C[C@@H]1N[C@H](OC(=O)NCC[C@H](O)CO)[C@H](c2cc(F)cc(Cl)c2)[C@@]1(C#N)c1ccc(Cl)cc1F. The summed E-state index contributed by atoms with van der Waals surface area (Å²) in [5.41, 5.74) is -1.74. The minimum atomic E-state index is -1.66. The van der Waals surface area contributed by atoms with Crippen molar-refractivity contribution < 1.29 is 28.5 Å². The van der Waals surface area contributed by atoms with Gasteiger partial charge in [0.2, 0.25) is 0 Å². The monoisotopic (exact) mass is 569 g/mol. The molecule has 0 saturated carbocycles. The second-order valence-electron chi connectivity index (χ2n) is 10.6. The van der Waals surface area contributed by atoms with Crippen LogP contribution < -0.4 is 10.6 Å². The lowest BCUT2D eigenvalue weighted by molar-refractivity contribution is 0.0689. The van der Waals surface area contributed by atoms with Gasteiger partial charge in [-0.2, -0.15) is 5.26 Å². The molecule has 11 heteroatoms. The molecule has 1 heterocycles. The predicted octanol–water partition coefficient (Wildman–Crippen LogP) is 5.02. The summed E-state index contributed by atoms with van der Waals surface area (Å²) in [7, 11) is 0. The van der Waals surface area contributed by atoms with Crippen LogP contribution >= 0.6 is 23.2 Å². The van der Waals surface area contributed by atoms with E-state index in [4.69, 9.17) is 33.0 Å². The first-order valence-electron chi connectivity index (χ1n) is 12.1. The Labute approximate surface area is 230 Å². The highest BCUT2D eigenvalue weighted by molar-refractivity contribution is 6.30. The average molecular weight is 570 g/mol. The van der Waals surface area contributed by atoms with Gasteiger partial charge >= 0.3 is 6.09 Å². The maximum Gasteiger partial charge on any atom is 0.408 e. The number of ether oxygens (including phenoxy) is 1. The molecule has 38 heavy (non-hydrogen) atoms. The van der Waals surface area contributed by atoms with Gasteiger partial charge in [0.25, 0.3) is 0 Å². The third-order valence-corrected chi connectivity index (χ3v) is 6.98. The molecule has 5 atom stereocenters. The Balaban J connectivity index is 2.15. The van der Waals surface area contributed by atoms with Crippen molar-refractivity contribution in [2.75, 3.05) is 13.2 Å². The highest BCUT2D eigenvalue weighted by atomic mass is 35.5. The van der Waals surface area contributed by atoms with Crippen molar-refractivity contribution in [2.45, 2.75) is 63.3 Å². The Hall–Kier alpha value is -2.48. The number of aliphatic hydroxyl groups excluding tert-OH is 2. The zero-order valence-corrected chi connectivity index (χ0v) is 22.8. The molecule has 206 valence electrons. The maximum atomic E-state index is 15.5. The van der Waals surface area contributed by atoms with Gasteiger partial charge in [0.1, 0.15) is 17.0 Å². The summed E-state index contributed by atoms with van der Waals surface area (Å²) < 4.78 is 35.8.